The molecule has 2 aromatic heterocycles. The Morgan fingerprint density at radius 3 is 2.48 bits per heavy atom. The first kappa shape index (κ1) is 19.1. The number of sulfonamides is 1. The number of para-hydroxylation sites is 1. The summed E-state index contributed by atoms with van der Waals surface area (Å²) >= 11 is 0. The maximum absolute atomic E-state index is 13.4. The summed E-state index contributed by atoms with van der Waals surface area (Å²) in [5, 5.41) is 0. The fourth-order valence-corrected chi connectivity index (χ4v) is 4.39. The fourth-order valence-electron chi connectivity index (χ4n) is 3.20. The van der Waals surface area contributed by atoms with E-state index in [4.69, 9.17) is 0 Å². The lowest BCUT2D eigenvalue weighted by atomic mass is 10.1. The Morgan fingerprint density at radius 1 is 1.03 bits per heavy atom. The van der Waals surface area contributed by atoms with Crippen molar-refractivity contribution in [3.05, 3.63) is 89.8 Å². The second-order valence-corrected chi connectivity index (χ2v) is 8.45. The molecule has 29 heavy (non-hydrogen) atoms. The average Bonchev–Trinajstić information content (AvgIpc) is 3.06. The molecular formula is C21H17F2N3O2S. The largest absolute Gasteiger partial charge is 0.306 e. The van der Waals surface area contributed by atoms with Crippen molar-refractivity contribution >= 4 is 21.4 Å². The van der Waals surface area contributed by atoms with Crippen LogP contribution in [-0.4, -0.2) is 17.8 Å². The van der Waals surface area contributed by atoms with Crippen LogP contribution in [0.1, 0.15) is 11.1 Å². The molecule has 1 N–H and O–H groups in total. The topological polar surface area (TPSA) is 63.5 Å². The lowest BCUT2D eigenvalue weighted by molar-refractivity contribution is 0.579. The van der Waals surface area contributed by atoms with Gasteiger partial charge in [0.2, 0.25) is 10.0 Å². The van der Waals surface area contributed by atoms with E-state index in [0.29, 0.717) is 23.0 Å². The highest BCUT2D eigenvalue weighted by molar-refractivity contribution is 7.91. The standard InChI is InChI=1S/C21H17F2N3O2S/c1-14-5-4-8-26-12-20(24-21(14)26)18-6-2-3-7-19(18)25-29(27,28)13-15-9-16(22)11-17(23)10-15/h2-12,25H,13H2,1H3. The smallest absolute Gasteiger partial charge is 0.236 e. The Balaban J connectivity index is 1.68. The first-order valence-electron chi connectivity index (χ1n) is 8.80. The number of fused-ring (bicyclic) bond motifs is 1. The van der Waals surface area contributed by atoms with Crippen LogP contribution < -0.4 is 4.72 Å². The molecule has 4 rings (SSSR count). The van der Waals surface area contributed by atoms with Crippen LogP contribution in [0.4, 0.5) is 14.5 Å². The van der Waals surface area contributed by atoms with Crippen LogP contribution in [0.3, 0.4) is 0 Å². The molecule has 0 fully saturated rings. The summed E-state index contributed by atoms with van der Waals surface area (Å²) < 4.78 is 56.4. The number of aromatic nitrogens is 2. The van der Waals surface area contributed by atoms with Crippen LogP contribution in [0.5, 0.6) is 0 Å². The summed E-state index contributed by atoms with van der Waals surface area (Å²) in [6.07, 6.45) is 3.68. The molecule has 0 spiro atoms. The molecule has 0 saturated heterocycles. The Kier molecular flexibility index (Phi) is 4.79. The highest BCUT2D eigenvalue weighted by Gasteiger charge is 2.17. The minimum Gasteiger partial charge on any atom is -0.306 e. The summed E-state index contributed by atoms with van der Waals surface area (Å²) in [6.45, 7) is 1.94. The molecule has 0 saturated carbocycles. The highest BCUT2D eigenvalue weighted by Crippen LogP contribution is 2.29. The minimum absolute atomic E-state index is 0.0239. The minimum atomic E-state index is -3.91. The maximum atomic E-state index is 13.4. The number of aryl methyl sites for hydroxylation is 1. The predicted molar refractivity (Wildman–Crippen MR) is 108 cm³/mol. The number of hydrogen-bond acceptors (Lipinski definition) is 3. The van der Waals surface area contributed by atoms with Crippen LogP contribution in [0, 0.1) is 18.6 Å². The van der Waals surface area contributed by atoms with E-state index < -0.39 is 27.4 Å². The average molecular weight is 413 g/mol. The summed E-state index contributed by atoms with van der Waals surface area (Å²) in [5.41, 5.74) is 3.33. The van der Waals surface area contributed by atoms with Crippen molar-refractivity contribution in [1.29, 1.82) is 0 Å². The normalized spacial score (nSPS) is 11.7. The number of anilines is 1. The van der Waals surface area contributed by atoms with Gasteiger partial charge in [0.05, 0.1) is 17.1 Å². The van der Waals surface area contributed by atoms with Gasteiger partial charge in [0, 0.05) is 24.0 Å². The first-order chi connectivity index (χ1) is 13.8. The monoisotopic (exact) mass is 413 g/mol. The number of imidazole rings is 1. The molecule has 2 aromatic carbocycles. The third kappa shape index (κ3) is 4.12. The summed E-state index contributed by atoms with van der Waals surface area (Å²) in [7, 11) is -3.91. The van der Waals surface area contributed by atoms with E-state index in [2.05, 4.69) is 9.71 Å². The SMILES string of the molecule is Cc1cccn2cc(-c3ccccc3NS(=O)(=O)Cc3cc(F)cc(F)c3)nc12. The molecule has 0 bridgehead atoms. The number of nitrogens with zero attached hydrogens (tertiary/aromatic N) is 2. The van der Waals surface area contributed by atoms with Gasteiger partial charge >= 0.3 is 0 Å². The van der Waals surface area contributed by atoms with Gasteiger partial charge in [-0.2, -0.15) is 0 Å². The number of halogens is 2. The number of benzene rings is 2. The van der Waals surface area contributed by atoms with Crippen molar-refractivity contribution < 1.29 is 17.2 Å². The van der Waals surface area contributed by atoms with E-state index in [1.165, 1.54) is 0 Å². The zero-order chi connectivity index (χ0) is 20.6. The van der Waals surface area contributed by atoms with Crippen molar-refractivity contribution in [2.75, 3.05) is 4.72 Å². The predicted octanol–water partition coefficient (Wildman–Crippen LogP) is 4.53. The first-order valence-corrected chi connectivity index (χ1v) is 10.5. The van der Waals surface area contributed by atoms with Crippen molar-refractivity contribution in [3.63, 3.8) is 0 Å². The molecule has 0 atom stereocenters. The molecule has 0 aliphatic rings. The summed E-state index contributed by atoms with van der Waals surface area (Å²) in [4.78, 5) is 4.61. The Hall–Kier alpha value is -3.26. The third-order valence-electron chi connectivity index (χ3n) is 4.43. The lowest BCUT2D eigenvalue weighted by Crippen LogP contribution is -2.16. The maximum Gasteiger partial charge on any atom is 0.236 e. The molecule has 0 amide bonds. The van der Waals surface area contributed by atoms with Crippen molar-refractivity contribution in [1.82, 2.24) is 9.38 Å². The van der Waals surface area contributed by atoms with Gasteiger partial charge in [-0.05, 0) is 42.3 Å². The van der Waals surface area contributed by atoms with Gasteiger partial charge in [-0.1, -0.05) is 24.3 Å². The molecule has 8 heteroatoms. The van der Waals surface area contributed by atoms with Gasteiger partial charge in [0.25, 0.3) is 0 Å². The fraction of sp³-hybridized carbons (Fsp3) is 0.0952. The van der Waals surface area contributed by atoms with Gasteiger partial charge in [0.1, 0.15) is 17.3 Å². The zero-order valence-electron chi connectivity index (χ0n) is 15.4. The van der Waals surface area contributed by atoms with Crippen LogP contribution in [-0.2, 0) is 15.8 Å². The molecule has 0 radical (unpaired) electrons. The van der Waals surface area contributed by atoms with Crippen LogP contribution in [0.15, 0.2) is 67.0 Å². The van der Waals surface area contributed by atoms with Crippen LogP contribution in [0.25, 0.3) is 16.9 Å². The van der Waals surface area contributed by atoms with Gasteiger partial charge in [-0.15, -0.1) is 0 Å². The number of nitrogens with one attached hydrogen (secondary N) is 1. The van der Waals surface area contributed by atoms with E-state index in [0.717, 1.165) is 23.3 Å². The molecule has 4 aromatic rings. The molecule has 148 valence electrons. The Morgan fingerprint density at radius 2 is 1.76 bits per heavy atom. The second kappa shape index (κ2) is 7.29. The van der Waals surface area contributed by atoms with Gasteiger partial charge in [0.15, 0.2) is 0 Å². The molecule has 2 heterocycles. The summed E-state index contributed by atoms with van der Waals surface area (Å²) in [5.74, 6) is -2.20. The highest BCUT2D eigenvalue weighted by atomic mass is 32.2. The molecule has 0 unspecified atom stereocenters. The van der Waals surface area contributed by atoms with E-state index in [1.807, 2.05) is 35.9 Å². The van der Waals surface area contributed by atoms with Crippen LogP contribution >= 0.6 is 0 Å². The van der Waals surface area contributed by atoms with E-state index in [1.54, 1.807) is 24.3 Å². The van der Waals surface area contributed by atoms with E-state index in [9.17, 15) is 17.2 Å². The van der Waals surface area contributed by atoms with E-state index in [-0.39, 0.29) is 5.56 Å². The Labute approximate surface area is 166 Å². The van der Waals surface area contributed by atoms with E-state index >= 15 is 0 Å². The molecule has 5 nitrogen and oxygen atoms in total. The van der Waals surface area contributed by atoms with Crippen LogP contribution in [0.2, 0.25) is 0 Å². The van der Waals surface area contributed by atoms with Crippen molar-refractivity contribution in [2.45, 2.75) is 12.7 Å². The third-order valence-corrected chi connectivity index (χ3v) is 5.67. The van der Waals surface area contributed by atoms with Gasteiger partial charge < -0.3 is 4.40 Å². The second-order valence-electron chi connectivity index (χ2n) is 6.73. The quantitative estimate of drug-likeness (QED) is 0.523. The van der Waals surface area contributed by atoms with Gasteiger partial charge in [-0.25, -0.2) is 22.2 Å². The number of pyridine rings is 1. The number of rotatable bonds is 5. The Bertz CT molecular complexity index is 1300. The molecular weight excluding hydrogens is 396 g/mol. The van der Waals surface area contributed by atoms with Crippen molar-refractivity contribution in [3.8, 4) is 11.3 Å². The lowest BCUT2D eigenvalue weighted by Gasteiger charge is -2.11. The molecule has 0 aliphatic carbocycles. The number of hydrogen-bond donors (Lipinski definition) is 1. The zero-order valence-corrected chi connectivity index (χ0v) is 16.2. The van der Waals surface area contributed by atoms with Gasteiger partial charge in [-0.3, -0.25) is 4.72 Å². The molecule has 0 aliphatic heterocycles. The summed E-state index contributed by atoms with van der Waals surface area (Å²) in [6, 6.07) is 13.4. The van der Waals surface area contributed by atoms with Crippen molar-refractivity contribution in [2.24, 2.45) is 0 Å².